The second kappa shape index (κ2) is 9.60. The van der Waals surface area contributed by atoms with Gasteiger partial charge in [-0.1, -0.05) is 0 Å². The van der Waals surface area contributed by atoms with E-state index in [9.17, 15) is 15.0 Å². The number of carbonyl (C=O) groups is 1. The van der Waals surface area contributed by atoms with Crippen LogP contribution in [-0.2, 0) is 11.3 Å². The molecule has 2 heterocycles. The fourth-order valence-corrected chi connectivity index (χ4v) is 3.58. The van der Waals surface area contributed by atoms with Crippen molar-refractivity contribution in [1.82, 2.24) is 30.2 Å². The van der Waals surface area contributed by atoms with Crippen LogP contribution < -0.4 is 0 Å². The SMILES string of the molecule is CC(C)(C)OC(=O)N1CCN(Cc2cc(-c3nnc(-c4ccc(O)cc4)nn3)ccc2O)CC1. The molecule has 0 spiro atoms. The first-order valence-corrected chi connectivity index (χ1v) is 11.1. The highest BCUT2D eigenvalue weighted by Gasteiger charge is 2.26. The zero-order chi connectivity index (χ0) is 24.3. The lowest BCUT2D eigenvalue weighted by Gasteiger charge is -2.35. The van der Waals surface area contributed by atoms with Crippen molar-refractivity contribution in [1.29, 1.82) is 0 Å². The van der Waals surface area contributed by atoms with Gasteiger partial charge in [0.05, 0.1) is 0 Å². The van der Waals surface area contributed by atoms with Gasteiger partial charge in [-0.2, -0.15) is 0 Å². The Morgan fingerprint density at radius 1 is 0.882 bits per heavy atom. The molecule has 178 valence electrons. The Balaban J connectivity index is 1.41. The van der Waals surface area contributed by atoms with Gasteiger partial charge in [0.25, 0.3) is 0 Å². The molecule has 0 unspecified atom stereocenters. The topological polar surface area (TPSA) is 125 Å². The van der Waals surface area contributed by atoms with Crippen LogP contribution in [0.4, 0.5) is 4.79 Å². The van der Waals surface area contributed by atoms with Crippen molar-refractivity contribution in [3.05, 3.63) is 48.0 Å². The predicted octanol–water partition coefficient (Wildman–Crippen LogP) is 3.06. The van der Waals surface area contributed by atoms with Crippen molar-refractivity contribution in [2.24, 2.45) is 0 Å². The molecule has 1 aliphatic heterocycles. The molecule has 0 bridgehead atoms. The summed E-state index contributed by atoms with van der Waals surface area (Å²) in [6, 6.07) is 11.6. The minimum absolute atomic E-state index is 0.157. The van der Waals surface area contributed by atoms with Crippen LogP contribution in [-0.4, -0.2) is 78.3 Å². The van der Waals surface area contributed by atoms with E-state index < -0.39 is 5.60 Å². The standard InChI is InChI=1S/C24H28N6O4/c1-24(2,3)34-23(33)30-12-10-29(11-13-30)15-18-14-17(6-9-20(18)32)22-27-25-21(26-28-22)16-4-7-19(31)8-5-16/h4-9,14,31-32H,10-13,15H2,1-3H3. The maximum atomic E-state index is 12.3. The van der Waals surface area contributed by atoms with E-state index in [1.165, 1.54) is 0 Å². The van der Waals surface area contributed by atoms with E-state index in [0.717, 1.165) is 5.56 Å². The van der Waals surface area contributed by atoms with E-state index in [-0.39, 0.29) is 17.6 Å². The molecule has 0 radical (unpaired) electrons. The molecule has 0 atom stereocenters. The molecular formula is C24H28N6O4. The number of nitrogens with zero attached hydrogens (tertiary/aromatic N) is 6. The molecule has 2 aromatic carbocycles. The quantitative estimate of drug-likeness (QED) is 0.599. The average molecular weight is 465 g/mol. The Bertz CT molecular complexity index is 1140. The summed E-state index contributed by atoms with van der Waals surface area (Å²) in [5, 5.41) is 36.5. The van der Waals surface area contributed by atoms with Gasteiger partial charge in [-0.3, -0.25) is 4.90 Å². The van der Waals surface area contributed by atoms with Gasteiger partial charge in [-0.15, -0.1) is 20.4 Å². The monoisotopic (exact) mass is 464 g/mol. The molecule has 10 nitrogen and oxygen atoms in total. The number of piperazine rings is 1. The number of benzene rings is 2. The third-order valence-corrected chi connectivity index (χ3v) is 5.36. The number of rotatable bonds is 4. The van der Waals surface area contributed by atoms with Gasteiger partial charge >= 0.3 is 6.09 Å². The molecule has 3 aromatic rings. The van der Waals surface area contributed by atoms with Crippen molar-refractivity contribution in [2.75, 3.05) is 26.2 Å². The number of hydrogen-bond acceptors (Lipinski definition) is 9. The van der Waals surface area contributed by atoms with Crippen LogP contribution in [0, 0.1) is 0 Å². The van der Waals surface area contributed by atoms with E-state index >= 15 is 0 Å². The molecule has 2 N–H and O–H groups in total. The summed E-state index contributed by atoms with van der Waals surface area (Å²) in [6.07, 6.45) is -0.301. The highest BCUT2D eigenvalue weighted by molar-refractivity contribution is 5.68. The lowest BCUT2D eigenvalue weighted by atomic mass is 10.1. The van der Waals surface area contributed by atoms with Crippen LogP contribution in [0.1, 0.15) is 26.3 Å². The van der Waals surface area contributed by atoms with E-state index in [2.05, 4.69) is 25.3 Å². The van der Waals surface area contributed by atoms with E-state index in [1.807, 2.05) is 26.8 Å². The summed E-state index contributed by atoms with van der Waals surface area (Å²) in [5.41, 5.74) is 1.60. The van der Waals surface area contributed by atoms with E-state index in [1.54, 1.807) is 41.3 Å². The molecule has 34 heavy (non-hydrogen) atoms. The third kappa shape index (κ3) is 5.76. The largest absolute Gasteiger partial charge is 0.508 e. The van der Waals surface area contributed by atoms with E-state index in [4.69, 9.17) is 4.74 Å². The number of aromatic nitrogens is 4. The normalized spacial score (nSPS) is 14.7. The van der Waals surface area contributed by atoms with Crippen LogP contribution in [0.15, 0.2) is 42.5 Å². The predicted molar refractivity (Wildman–Crippen MR) is 125 cm³/mol. The summed E-state index contributed by atoms with van der Waals surface area (Å²) in [7, 11) is 0. The van der Waals surface area contributed by atoms with Crippen molar-refractivity contribution in [3.63, 3.8) is 0 Å². The second-order valence-electron chi connectivity index (χ2n) is 9.18. The molecule has 0 aliphatic carbocycles. The summed E-state index contributed by atoms with van der Waals surface area (Å²) in [4.78, 5) is 16.2. The first-order chi connectivity index (χ1) is 16.2. The number of ether oxygens (including phenoxy) is 1. The number of amides is 1. The highest BCUT2D eigenvalue weighted by Crippen LogP contribution is 2.26. The Labute approximate surface area is 197 Å². The number of phenols is 2. The molecule has 10 heteroatoms. The maximum absolute atomic E-state index is 12.3. The summed E-state index contributed by atoms with van der Waals surface area (Å²) in [5.74, 6) is 1.04. The van der Waals surface area contributed by atoms with Gasteiger partial charge in [0.15, 0.2) is 0 Å². The van der Waals surface area contributed by atoms with Gasteiger partial charge in [-0.25, -0.2) is 4.79 Å². The summed E-state index contributed by atoms with van der Waals surface area (Å²) in [6.45, 7) is 8.55. The second-order valence-corrected chi connectivity index (χ2v) is 9.18. The lowest BCUT2D eigenvalue weighted by Crippen LogP contribution is -2.49. The van der Waals surface area contributed by atoms with Crippen molar-refractivity contribution in [2.45, 2.75) is 32.9 Å². The van der Waals surface area contributed by atoms with Gasteiger partial charge in [0.2, 0.25) is 11.6 Å². The third-order valence-electron chi connectivity index (χ3n) is 5.36. The Hall–Kier alpha value is -3.79. The Morgan fingerprint density at radius 3 is 2.03 bits per heavy atom. The number of phenolic OH excluding ortho intramolecular Hbond substituents is 2. The minimum Gasteiger partial charge on any atom is -0.508 e. The number of hydrogen-bond donors (Lipinski definition) is 2. The fraction of sp³-hybridized carbons (Fsp3) is 0.375. The van der Waals surface area contributed by atoms with Crippen LogP contribution >= 0.6 is 0 Å². The molecular weight excluding hydrogens is 436 g/mol. The molecule has 1 aliphatic rings. The van der Waals surface area contributed by atoms with Gasteiger partial charge < -0.3 is 19.8 Å². The number of aromatic hydroxyl groups is 2. The Morgan fingerprint density at radius 2 is 1.44 bits per heavy atom. The van der Waals surface area contributed by atoms with Crippen molar-refractivity contribution >= 4 is 6.09 Å². The average Bonchev–Trinajstić information content (AvgIpc) is 2.80. The molecule has 1 saturated heterocycles. The zero-order valence-electron chi connectivity index (χ0n) is 19.5. The van der Waals surface area contributed by atoms with Crippen LogP contribution in [0.5, 0.6) is 11.5 Å². The first-order valence-electron chi connectivity index (χ1n) is 11.1. The minimum atomic E-state index is -0.519. The van der Waals surface area contributed by atoms with Crippen LogP contribution in [0.3, 0.4) is 0 Å². The van der Waals surface area contributed by atoms with Crippen LogP contribution in [0.25, 0.3) is 22.8 Å². The molecule has 1 amide bonds. The summed E-state index contributed by atoms with van der Waals surface area (Å²) < 4.78 is 5.45. The smallest absolute Gasteiger partial charge is 0.410 e. The highest BCUT2D eigenvalue weighted by atomic mass is 16.6. The van der Waals surface area contributed by atoms with Gasteiger partial charge in [0, 0.05) is 49.4 Å². The fourth-order valence-electron chi connectivity index (χ4n) is 3.58. The maximum Gasteiger partial charge on any atom is 0.410 e. The number of carbonyl (C=O) groups excluding carboxylic acids is 1. The van der Waals surface area contributed by atoms with Gasteiger partial charge in [0.1, 0.15) is 17.1 Å². The van der Waals surface area contributed by atoms with Crippen molar-refractivity contribution < 1.29 is 19.7 Å². The molecule has 1 aromatic heterocycles. The molecule has 0 saturated carbocycles. The van der Waals surface area contributed by atoms with E-state index in [0.29, 0.717) is 55.5 Å². The molecule has 1 fully saturated rings. The zero-order valence-corrected chi connectivity index (χ0v) is 19.5. The van der Waals surface area contributed by atoms with Crippen molar-refractivity contribution in [3.8, 4) is 34.3 Å². The lowest BCUT2D eigenvalue weighted by molar-refractivity contribution is 0.0138. The van der Waals surface area contributed by atoms with Crippen LogP contribution in [0.2, 0.25) is 0 Å². The molecule has 4 rings (SSSR count). The van der Waals surface area contributed by atoms with Gasteiger partial charge in [-0.05, 0) is 63.2 Å². The first kappa shape index (κ1) is 23.4. The summed E-state index contributed by atoms with van der Waals surface area (Å²) >= 11 is 0. The Kier molecular flexibility index (Phi) is 6.60.